The Morgan fingerprint density at radius 2 is 1.97 bits per heavy atom. The number of pyridine rings is 1. The van der Waals surface area contributed by atoms with Crippen LogP contribution in [0.1, 0.15) is 18.5 Å². The summed E-state index contributed by atoms with van der Waals surface area (Å²) in [5.41, 5.74) is 2.94. The minimum absolute atomic E-state index is 0.0486. The van der Waals surface area contributed by atoms with E-state index >= 15 is 0 Å². The number of halogens is 1. The van der Waals surface area contributed by atoms with Crippen molar-refractivity contribution in [2.45, 2.75) is 31.9 Å². The largest absolute Gasteiger partial charge is 0.473 e. The van der Waals surface area contributed by atoms with Crippen molar-refractivity contribution in [2.75, 3.05) is 5.32 Å². The van der Waals surface area contributed by atoms with Crippen LogP contribution in [-0.2, 0) is 0 Å². The summed E-state index contributed by atoms with van der Waals surface area (Å²) in [6.45, 7) is 1.94. The number of hydrogen-bond acceptors (Lipinski definition) is 7. The summed E-state index contributed by atoms with van der Waals surface area (Å²) in [5.74, 6) is 0.228. The lowest BCUT2D eigenvalue weighted by Crippen LogP contribution is -2.42. The van der Waals surface area contributed by atoms with Crippen molar-refractivity contribution in [3.8, 4) is 17.1 Å². The zero-order valence-corrected chi connectivity index (χ0v) is 16.5. The number of nitrogens with zero attached hydrogens (tertiary/aromatic N) is 4. The lowest BCUT2D eigenvalue weighted by Gasteiger charge is -2.35. The lowest BCUT2D eigenvalue weighted by molar-refractivity contribution is 0.103. The van der Waals surface area contributed by atoms with Gasteiger partial charge in [-0.25, -0.2) is 19.3 Å². The minimum Gasteiger partial charge on any atom is -0.473 e. The van der Waals surface area contributed by atoms with Gasteiger partial charge in [0.1, 0.15) is 23.1 Å². The molecule has 1 aliphatic rings. The average molecular weight is 407 g/mol. The molecule has 8 heteroatoms. The van der Waals surface area contributed by atoms with Crippen LogP contribution in [0.3, 0.4) is 0 Å². The molecule has 0 unspecified atom stereocenters. The van der Waals surface area contributed by atoms with E-state index in [1.54, 1.807) is 24.7 Å². The molecule has 1 fully saturated rings. The molecule has 29 heavy (non-hydrogen) atoms. The SMILES string of the molecule is Cc1ccc(-c2nccnc2OC2CC(Nc3nc4c(F)cccc4s3)C2)cn1. The maximum atomic E-state index is 13.8. The third-order valence-electron chi connectivity index (χ3n) is 4.92. The van der Waals surface area contributed by atoms with Gasteiger partial charge in [0.05, 0.1) is 4.70 Å². The van der Waals surface area contributed by atoms with Gasteiger partial charge in [-0.15, -0.1) is 0 Å². The van der Waals surface area contributed by atoms with E-state index in [0.29, 0.717) is 17.1 Å². The van der Waals surface area contributed by atoms with E-state index < -0.39 is 0 Å². The maximum absolute atomic E-state index is 13.8. The zero-order valence-electron chi connectivity index (χ0n) is 15.7. The number of hydrogen-bond donors (Lipinski definition) is 1. The fraction of sp³-hybridized carbons (Fsp3) is 0.238. The number of rotatable bonds is 5. The Morgan fingerprint density at radius 3 is 2.76 bits per heavy atom. The number of nitrogens with one attached hydrogen (secondary N) is 1. The Kier molecular flexibility index (Phi) is 4.55. The number of thiazole rings is 1. The first kappa shape index (κ1) is 17.9. The van der Waals surface area contributed by atoms with Crippen molar-refractivity contribution in [1.29, 1.82) is 0 Å². The highest BCUT2D eigenvalue weighted by Crippen LogP contribution is 2.34. The minimum atomic E-state index is -0.289. The molecule has 0 saturated heterocycles. The molecular formula is C21H18FN5OS. The molecule has 0 bridgehead atoms. The third kappa shape index (κ3) is 3.63. The molecule has 6 nitrogen and oxygen atoms in total. The molecule has 3 aromatic heterocycles. The summed E-state index contributed by atoms with van der Waals surface area (Å²) in [7, 11) is 0. The second-order valence-corrected chi connectivity index (χ2v) is 8.09. The smallest absolute Gasteiger partial charge is 0.240 e. The summed E-state index contributed by atoms with van der Waals surface area (Å²) >= 11 is 1.46. The molecule has 3 heterocycles. The van der Waals surface area contributed by atoms with Gasteiger partial charge in [-0.1, -0.05) is 17.4 Å². The molecule has 0 aliphatic heterocycles. The molecule has 1 N–H and O–H groups in total. The van der Waals surface area contributed by atoms with Gasteiger partial charge in [-0.3, -0.25) is 4.98 Å². The number of anilines is 1. The normalized spacial score (nSPS) is 18.4. The average Bonchev–Trinajstić information content (AvgIpc) is 3.12. The van der Waals surface area contributed by atoms with Gasteiger partial charge >= 0.3 is 0 Å². The quantitative estimate of drug-likeness (QED) is 0.521. The lowest BCUT2D eigenvalue weighted by atomic mass is 9.89. The van der Waals surface area contributed by atoms with Gasteiger partial charge in [0.25, 0.3) is 0 Å². The van der Waals surface area contributed by atoms with Crippen LogP contribution in [0, 0.1) is 12.7 Å². The molecule has 1 aromatic carbocycles. The Morgan fingerprint density at radius 1 is 1.10 bits per heavy atom. The van der Waals surface area contributed by atoms with Crippen LogP contribution in [0.15, 0.2) is 48.9 Å². The Labute approximate surface area is 170 Å². The molecule has 0 amide bonds. The highest BCUT2D eigenvalue weighted by molar-refractivity contribution is 7.22. The summed E-state index contributed by atoms with van der Waals surface area (Å²) in [5, 5.41) is 4.11. The number of benzene rings is 1. The molecule has 1 saturated carbocycles. The monoisotopic (exact) mass is 407 g/mol. The van der Waals surface area contributed by atoms with Crippen LogP contribution >= 0.6 is 11.3 Å². The molecule has 1 aliphatic carbocycles. The molecule has 0 radical (unpaired) electrons. The summed E-state index contributed by atoms with van der Waals surface area (Å²) in [4.78, 5) is 17.5. The van der Waals surface area contributed by atoms with E-state index in [-0.39, 0.29) is 18.0 Å². The predicted molar refractivity (Wildman–Crippen MR) is 111 cm³/mol. The first-order valence-corrected chi connectivity index (χ1v) is 10.2. The van der Waals surface area contributed by atoms with Crippen molar-refractivity contribution < 1.29 is 9.13 Å². The molecule has 4 aromatic rings. The van der Waals surface area contributed by atoms with Crippen molar-refractivity contribution >= 4 is 26.7 Å². The molecule has 146 valence electrons. The first-order chi connectivity index (χ1) is 14.2. The second kappa shape index (κ2) is 7.36. The van der Waals surface area contributed by atoms with Gasteiger partial charge in [0, 0.05) is 48.7 Å². The van der Waals surface area contributed by atoms with Crippen LogP contribution in [0.25, 0.3) is 21.5 Å². The van der Waals surface area contributed by atoms with E-state index in [4.69, 9.17) is 4.74 Å². The van der Waals surface area contributed by atoms with Gasteiger partial charge in [-0.2, -0.15) is 0 Å². The molecule has 0 atom stereocenters. The van der Waals surface area contributed by atoms with Crippen molar-refractivity contribution in [3.63, 3.8) is 0 Å². The highest BCUT2D eigenvalue weighted by Gasteiger charge is 2.32. The number of aromatic nitrogens is 4. The maximum Gasteiger partial charge on any atom is 0.240 e. The van der Waals surface area contributed by atoms with Gasteiger partial charge in [0.2, 0.25) is 5.88 Å². The topological polar surface area (TPSA) is 72.8 Å². The fourth-order valence-electron chi connectivity index (χ4n) is 3.31. The summed E-state index contributed by atoms with van der Waals surface area (Å²) in [6.07, 6.45) is 6.75. The van der Waals surface area contributed by atoms with Crippen LogP contribution in [-0.4, -0.2) is 32.1 Å². The van der Waals surface area contributed by atoms with Crippen molar-refractivity contribution in [1.82, 2.24) is 19.9 Å². The van der Waals surface area contributed by atoms with E-state index in [9.17, 15) is 4.39 Å². The molecule has 5 rings (SSSR count). The van der Waals surface area contributed by atoms with E-state index in [1.165, 1.54) is 17.4 Å². The van der Waals surface area contributed by atoms with Crippen LogP contribution in [0.4, 0.5) is 9.52 Å². The summed E-state index contributed by atoms with van der Waals surface area (Å²) < 4.78 is 20.8. The number of fused-ring (bicyclic) bond motifs is 1. The predicted octanol–water partition coefficient (Wildman–Crippen LogP) is 4.62. The van der Waals surface area contributed by atoms with Crippen molar-refractivity contribution in [2.24, 2.45) is 0 Å². The highest BCUT2D eigenvalue weighted by atomic mass is 32.1. The van der Waals surface area contributed by atoms with E-state index in [1.807, 2.05) is 25.1 Å². The first-order valence-electron chi connectivity index (χ1n) is 9.38. The Balaban J connectivity index is 1.24. The fourth-order valence-corrected chi connectivity index (χ4v) is 4.26. The van der Waals surface area contributed by atoms with Gasteiger partial charge in [0.15, 0.2) is 5.13 Å². The summed E-state index contributed by atoms with van der Waals surface area (Å²) in [6, 6.07) is 9.17. The Hall–Kier alpha value is -3.13. The van der Waals surface area contributed by atoms with Crippen molar-refractivity contribution in [3.05, 3.63) is 60.4 Å². The van der Waals surface area contributed by atoms with Gasteiger partial charge < -0.3 is 10.1 Å². The van der Waals surface area contributed by atoms with Crippen LogP contribution in [0.2, 0.25) is 0 Å². The third-order valence-corrected chi connectivity index (χ3v) is 5.87. The van der Waals surface area contributed by atoms with Crippen LogP contribution in [0.5, 0.6) is 5.88 Å². The Bertz CT molecular complexity index is 1160. The number of ether oxygens (including phenoxy) is 1. The molecular weight excluding hydrogens is 389 g/mol. The number of para-hydroxylation sites is 1. The van der Waals surface area contributed by atoms with Gasteiger partial charge in [-0.05, 0) is 31.2 Å². The zero-order chi connectivity index (χ0) is 19.8. The van der Waals surface area contributed by atoms with Crippen LogP contribution < -0.4 is 10.1 Å². The number of aryl methyl sites for hydroxylation is 1. The second-order valence-electron chi connectivity index (χ2n) is 7.06. The van der Waals surface area contributed by atoms with E-state index in [2.05, 4.69) is 25.3 Å². The van der Waals surface area contributed by atoms with E-state index in [0.717, 1.165) is 33.9 Å². The standard InChI is InChI=1S/C21H18FN5OS/c1-12-5-6-13(11-25-12)18-20(24-8-7-23-18)28-15-9-14(10-15)26-21-27-19-16(22)3-2-4-17(19)29-21/h2-8,11,14-15H,9-10H2,1H3,(H,26,27). The molecule has 0 spiro atoms.